The third-order valence-corrected chi connectivity index (χ3v) is 2.46. The predicted octanol–water partition coefficient (Wildman–Crippen LogP) is 2.42. The topological polar surface area (TPSA) is 44.5 Å². The maximum absolute atomic E-state index is 5.79. The van der Waals surface area contributed by atoms with Gasteiger partial charge in [0, 0.05) is 7.11 Å². The highest BCUT2D eigenvalue weighted by Gasteiger charge is 2.11. The third-order valence-electron chi connectivity index (χ3n) is 2.46. The Morgan fingerprint density at radius 2 is 1.87 bits per heavy atom. The molecule has 1 aromatic rings. The molecule has 1 aromatic carbocycles. The summed E-state index contributed by atoms with van der Waals surface area (Å²) in [6.45, 7) is 4.25. The van der Waals surface area contributed by atoms with Crippen molar-refractivity contribution in [2.75, 3.05) is 14.2 Å². The fourth-order valence-corrected chi connectivity index (χ4v) is 1.52. The molecule has 3 nitrogen and oxygen atoms in total. The van der Waals surface area contributed by atoms with Crippen LogP contribution in [0.5, 0.6) is 5.75 Å². The number of benzene rings is 1. The molecular weight excluding hydrogens is 190 g/mol. The number of hydrogen-bond donors (Lipinski definition) is 1. The van der Waals surface area contributed by atoms with Gasteiger partial charge in [-0.3, -0.25) is 0 Å². The second kappa shape index (κ2) is 5.14. The fraction of sp³-hybridized carbons (Fsp3) is 0.500. The second-order valence-electron chi connectivity index (χ2n) is 3.81. The van der Waals surface area contributed by atoms with E-state index in [1.807, 2.05) is 18.2 Å². The normalized spacial score (nSPS) is 12.9. The molecule has 0 aromatic heterocycles. The zero-order chi connectivity index (χ0) is 11.4. The van der Waals surface area contributed by atoms with E-state index in [2.05, 4.69) is 13.8 Å². The summed E-state index contributed by atoms with van der Waals surface area (Å²) in [5, 5.41) is 0. The van der Waals surface area contributed by atoms with E-state index in [-0.39, 0.29) is 6.23 Å². The first-order valence-corrected chi connectivity index (χ1v) is 5.06. The molecule has 2 N–H and O–H groups in total. The van der Waals surface area contributed by atoms with Crippen LogP contribution in [0.3, 0.4) is 0 Å². The molecule has 0 bridgehead atoms. The Morgan fingerprint density at radius 1 is 1.20 bits per heavy atom. The summed E-state index contributed by atoms with van der Waals surface area (Å²) in [7, 11) is 3.28. The molecule has 0 radical (unpaired) electrons. The van der Waals surface area contributed by atoms with Crippen LogP contribution in [0.2, 0.25) is 0 Å². The molecule has 0 amide bonds. The largest absolute Gasteiger partial charge is 0.496 e. The number of hydrogen-bond acceptors (Lipinski definition) is 3. The number of methoxy groups -OCH3 is 2. The Morgan fingerprint density at radius 3 is 2.33 bits per heavy atom. The van der Waals surface area contributed by atoms with Gasteiger partial charge in [0.05, 0.1) is 7.11 Å². The summed E-state index contributed by atoms with van der Waals surface area (Å²) < 4.78 is 10.4. The van der Waals surface area contributed by atoms with Crippen LogP contribution in [0.4, 0.5) is 0 Å². The van der Waals surface area contributed by atoms with Gasteiger partial charge >= 0.3 is 0 Å². The molecule has 3 heteroatoms. The lowest BCUT2D eigenvalue weighted by Crippen LogP contribution is -2.12. The molecule has 0 aliphatic rings. The molecular formula is C12H19NO2. The zero-order valence-electron chi connectivity index (χ0n) is 9.78. The van der Waals surface area contributed by atoms with E-state index >= 15 is 0 Å². The average molecular weight is 209 g/mol. The average Bonchev–Trinajstić information content (AvgIpc) is 2.27. The molecule has 0 spiro atoms. The maximum Gasteiger partial charge on any atom is 0.131 e. The molecule has 0 aliphatic carbocycles. The molecule has 1 rings (SSSR count). The van der Waals surface area contributed by atoms with Crippen LogP contribution in [0.1, 0.15) is 37.1 Å². The Kier molecular flexibility index (Phi) is 4.12. The van der Waals surface area contributed by atoms with Crippen LogP contribution in [0, 0.1) is 0 Å². The van der Waals surface area contributed by atoms with Crippen molar-refractivity contribution < 1.29 is 9.47 Å². The highest BCUT2D eigenvalue weighted by Crippen LogP contribution is 2.28. The smallest absolute Gasteiger partial charge is 0.131 e. The number of ether oxygens (including phenoxy) is 2. The van der Waals surface area contributed by atoms with Gasteiger partial charge in [-0.05, 0) is 29.2 Å². The summed E-state index contributed by atoms with van der Waals surface area (Å²) in [5.41, 5.74) is 7.92. The lowest BCUT2D eigenvalue weighted by Gasteiger charge is -2.16. The van der Waals surface area contributed by atoms with Crippen molar-refractivity contribution in [1.82, 2.24) is 0 Å². The molecule has 0 aliphatic heterocycles. The van der Waals surface area contributed by atoms with E-state index in [9.17, 15) is 0 Å². The molecule has 0 saturated carbocycles. The molecule has 0 saturated heterocycles. The van der Waals surface area contributed by atoms with Crippen molar-refractivity contribution in [2.24, 2.45) is 5.73 Å². The molecule has 0 fully saturated rings. The van der Waals surface area contributed by atoms with Crippen molar-refractivity contribution in [1.29, 1.82) is 0 Å². The lowest BCUT2D eigenvalue weighted by atomic mass is 9.99. The SMILES string of the molecule is COc1ccc(C(N)OC)cc1C(C)C. The first-order valence-electron chi connectivity index (χ1n) is 5.06. The number of rotatable bonds is 4. The zero-order valence-corrected chi connectivity index (χ0v) is 9.78. The van der Waals surface area contributed by atoms with E-state index in [4.69, 9.17) is 15.2 Å². The van der Waals surface area contributed by atoms with Gasteiger partial charge in [-0.2, -0.15) is 0 Å². The minimum Gasteiger partial charge on any atom is -0.496 e. The number of nitrogens with two attached hydrogens (primary N) is 1. The van der Waals surface area contributed by atoms with Gasteiger partial charge in [0.25, 0.3) is 0 Å². The summed E-state index contributed by atoms with van der Waals surface area (Å²) in [6.07, 6.45) is -0.367. The van der Waals surface area contributed by atoms with Crippen LogP contribution in [-0.4, -0.2) is 14.2 Å². The molecule has 1 unspecified atom stereocenters. The van der Waals surface area contributed by atoms with Crippen LogP contribution in [-0.2, 0) is 4.74 Å². The Balaban J connectivity index is 3.10. The Bertz CT molecular complexity index is 323. The first kappa shape index (κ1) is 12.0. The minimum absolute atomic E-state index is 0.367. The van der Waals surface area contributed by atoms with Crippen LogP contribution in [0.25, 0.3) is 0 Å². The first-order chi connectivity index (χ1) is 7.10. The van der Waals surface area contributed by atoms with Crippen molar-refractivity contribution in [3.05, 3.63) is 29.3 Å². The van der Waals surface area contributed by atoms with Crippen molar-refractivity contribution in [2.45, 2.75) is 26.0 Å². The summed E-state index contributed by atoms with van der Waals surface area (Å²) in [4.78, 5) is 0. The van der Waals surface area contributed by atoms with E-state index in [1.54, 1.807) is 14.2 Å². The van der Waals surface area contributed by atoms with E-state index < -0.39 is 0 Å². The third kappa shape index (κ3) is 2.70. The minimum atomic E-state index is -0.367. The fourth-order valence-electron chi connectivity index (χ4n) is 1.52. The second-order valence-corrected chi connectivity index (χ2v) is 3.81. The Hall–Kier alpha value is -1.06. The molecule has 1 atom stereocenters. The summed E-state index contributed by atoms with van der Waals surface area (Å²) >= 11 is 0. The van der Waals surface area contributed by atoms with Gasteiger partial charge in [-0.15, -0.1) is 0 Å². The molecule has 15 heavy (non-hydrogen) atoms. The maximum atomic E-state index is 5.79. The van der Waals surface area contributed by atoms with E-state index in [0.717, 1.165) is 16.9 Å². The predicted molar refractivity (Wildman–Crippen MR) is 61.0 cm³/mol. The van der Waals surface area contributed by atoms with Crippen LogP contribution < -0.4 is 10.5 Å². The monoisotopic (exact) mass is 209 g/mol. The van der Waals surface area contributed by atoms with Crippen molar-refractivity contribution in [3.8, 4) is 5.75 Å². The van der Waals surface area contributed by atoms with Crippen molar-refractivity contribution >= 4 is 0 Å². The van der Waals surface area contributed by atoms with Crippen LogP contribution in [0.15, 0.2) is 18.2 Å². The lowest BCUT2D eigenvalue weighted by molar-refractivity contribution is 0.109. The van der Waals surface area contributed by atoms with Crippen molar-refractivity contribution in [3.63, 3.8) is 0 Å². The highest BCUT2D eigenvalue weighted by molar-refractivity contribution is 5.39. The highest BCUT2D eigenvalue weighted by atomic mass is 16.5. The van der Waals surface area contributed by atoms with Gasteiger partial charge in [0.15, 0.2) is 0 Å². The van der Waals surface area contributed by atoms with E-state index in [0.29, 0.717) is 5.92 Å². The van der Waals surface area contributed by atoms with Gasteiger partial charge in [0.1, 0.15) is 12.0 Å². The Labute approximate surface area is 91.2 Å². The summed E-state index contributed by atoms with van der Waals surface area (Å²) in [6, 6.07) is 5.90. The van der Waals surface area contributed by atoms with Gasteiger partial charge in [0.2, 0.25) is 0 Å². The quantitative estimate of drug-likeness (QED) is 0.774. The van der Waals surface area contributed by atoms with Crippen LogP contribution >= 0.6 is 0 Å². The summed E-state index contributed by atoms with van der Waals surface area (Å²) in [5.74, 6) is 1.31. The standard InChI is InChI=1S/C12H19NO2/c1-8(2)10-7-9(12(13)15-4)5-6-11(10)14-3/h5-8,12H,13H2,1-4H3. The molecule has 84 valence electrons. The van der Waals surface area contributed by atoms with Gasteiger partial charge in [-0.1, -0.05) is 19.9 Å². The van der Waals surface area contributed by atoms with Gasteiger partial charge in [-0.25, -0.2) is 0 Å². The van der Waals surface area contributed by atoms with Gasteiger partial charge < -0.3 is 15.2 Å². The van der Waals surface area contributed by atoms with E-state index in [1.165, 1.54) is 0 Å². The molecule has 0 heterocycles.